The Morgan fingerprint density at radius 1 is 0.833 bits per heavy atom. The molecule has 0 aliphatic carbocycles. The summed E-state index contributed by atoms with van der Waals surface area (Å²) in [4.78, 5) is 13.4. The van der Waals surface area contributed by atoms with E-state index in [2.05, 4.69) is 26.3 Å². The molecule has 1 aliphatic rings. The molecule has 4 aromatic rings. The molecule has 4 nitrogen and oxygen atoms in total. The monoisotopic (exact) mass is 665 g/mol. The summed E-state index contributed by atoms with van der Waals surface area (Å²) >= 11 is 9.39. The Kier molecular flexibility index (Phi) is 7.84. The average molecular weight is 667 g/mol. The second-order valence-electron chi connectivity index (χ2n) is 9.48. The second-order valence-corrected chi connectivity index (χ2v) is 10.8. The SMILES string of the molecule is O=C(Nc1ccc(Br)cc1)N1CC(c2ccccc2)(c2ccc(C(F)(F)F)cc2)C(c2ccc(C(F)(F)F)c(Cl)c2)=N1. The Labute approximate surface area is 249 Å². The molecule has 1 unspecified atom stereocenters. The van der Waals surface area contributed by atoms with Crippen LogP contribution in [0.15, 0.2) is 107 Å². The van der Waals surface area contributed by atoms with E-state index in [4.69, 9.17) is 11.6 Å². The molecule has 4 aromatic carbocycles. The lowest BCUT2D eigenvalue weighted by atomic mass is 9.69. The Hall–Kier alpha value is -3.83. The molecule has 5 rings (SSSR count). The van der Waals surface area contributed by atoms with Gasteiger partial charge in [-0.1, -0.05) is 76.1 Å². The third-order valence-corrected chi connectivity index (χ3v) is 7.70. The summed E-state index contributed by atoms with van der Waals surface area (Å²) in [6.45, 7) is -0.168. The maximum Gasteiger partial charge on any atom is 0.417 e. The van der Waals surface area contributed by atoms with Gasteiger partial charge in [-0.2, -0.15) is 31.4 Å². The van der Waals surface area contributed by atoms with Crippen LogP contribution in [0.4, 0.5) is 36.8 Å². The number of rotatable bonds is 4. The number of hydrogen-bond donors (Lipinski definition) is 1. The van der Waals surface area contributed by atoms with Gasteiger partial charge in [-0.05, 0) is 59.7 Å². The number of nitrogens with zero attached hydrogens (tertiary/aromatic N) is 2. The van der Waals surface area contributed by atoms with Gasteiger partial charge in [0.1, 0.15) is 0 Å². The normalized spacial score (nSPS) is 17.2. The van der Waals surface area contributed by atoms with Crippen LogP contribution in [0.3, 0.4) is 0 Å². The highest BCUT2D eigenvalue weighted by atomic mass is 79.9. The van der Waals surface area contributed by atoms with E-state index in [1.807, 2.05) is 0 Å². The molecule has 216 valence electrons. The highest BCUT2D eigenvalue weighted by Crippen LogP contribution is 2.44. The molecule has 12 heteroatoms. The van der Waals surface area contributed by atoms with E-state index in [0.717, 1.165) is 33.7 Å². The highest BCUT2D eigenvalue weighted by Gasteiger charge is 2.48. The molecule has 0 bridgehead atoms. The van der Waals surface area contributed by atoms with Gasteiger partial charge in [-0.15, -0.1) is 0 Å². The fourth-order valence-corrected chi connectivity index (χ4v) is 5.42. The number of amides is 2. The van der Waals surface area contributed by atoms with Gasteiger partial charge in [0.05, 0.1) is 33.8 Å². The highest BCUT2D eigenvalue weighted by molar-refractivity contribution is 9.10. The predicted octanol–water partition coefficient (Wildman–Crippen LogP) is 9.38. The van der Waals surface area contributed by atoms with Crippen LogP contribution in [0.5, 0.6) is 0 Å². The molecule has 0 aromatic heterocycles. The maximum absolute atomic E-state index is 13.5. The van der Waals surface area contributed by atoms with Crippen LogP contribution in [0.25, 0.3) is 0 Å². The molecule has 1 atom stereocenters. The van der Waals surface area contributed by atoms with Crippen molar-refractivity contribution in [2.45, 2.75) is 17.8 Å². The first kappa shape index (κ1) is 29.7. The quantitative estimate of drug-likeness (QED) is 0.217. The van der Waals surface area contributed by atoms with Crippen molar-refractivity contribution in [3.05, 3.63) is 134 Å². The average Bonchev–Trinajstić information content (AvgIpc) is 3.36. The van der Waals surface area contributed by atoms with Crippen LogP contribution in [0.2, 0.25) is 5.02 Å². The fourth-order valence-electron chi connectivity index (χ4n) is 4.86. The van der Waals surface area contributed by atoms with Crippen molar-refractivity contribution in [2.24, 2.45) is 5.10 Å². The number of carbonyl (C=O) groups excluding carboxylic acids is 1. The largest absolute Gasteiger partial charge is 0.417 e. The van der Waals surface area contributed by atoms with Crippen LogP contribution >= 0.6 is 27.5 Å². The van der Waals surface area contributed by atoms with Crippen molar-refractivity contribution in [3.63, 3.8) is 0 Å². The number of benzene rings is 4. The van der Waals surface area contributed by atoms with Gasteiger partial charge in [0.2, 0.25) is 0 Å². The number of halogens is 8. The Balaban J connectivity index is 1.69. The number of urea groups is 1. The smallest absolute Gasteiger partial charge is 0.306 e. The Morgan fingerprint density at radius 3 is 2.02 bits per heavy atom. The van der Waals surface area contributed by atoms with Gasteiger partial charge >= 0.3 is 18.4 Å². The maximum atomic E-state index is 13.5. The molecule has 1 N–H and O–H groups in total. The van der Waals surface area contributed by atoms with E-state index in [9.17, 15) is 31.1 Å². The summed E-state index contributed by atoms with van der Waals surface area (Å²) < 4.78 is 81.6. The molecule has 1 heterocycles. The molecule has 0 saturated heterocycles. The lowest BCUT2D eigenvalue weighted by Gasteiger charge is -2.32. The first-order chi connectivity index (χ1) is 19.8. The van der Waals surface area contributed by atoms with Crippen molar-refractivity contribution in [1.29, 1.82) is 0 Å². The molecule has 0 fully saturated rings. The Morgan fingerprint density at radius 2 is 1.45 bits per heavy atom. The minimum absolute atomic E-state index is 0.134. The van der Waals surface area contributed by atoms with Crippen molar-refractivity contribution in [1.82, 2.24) is 5.01 Å². The molecular formula is C30H19BrClF6N3O. The van der Waals surface area contributed by atoms with Crippen LogP contribution in [-0.2, 0) is 17.8 Å². The van der Waals surface area contributed by atoms with Crippen molar-refractivity contribution in [2.75, 3.05) is 11.9 Å². The summed E-state index contributed by atoms with van der Waals surface area (Å²) in [6, 6.07) is 22.2. The van der Waals surface area contributed by atoms with E-state index in [1.165, 1.54) is 18.2 Å². The first-order valence-corrected chi connectivity index (χ1v) is 13.5. The van der Waals surface area contributed by atoms with Crippen molar-refractivity contribution in [3.8, 4) is 0 Å². The van der Waals surface area contributed by atoms with Gasteiger partial charge in [0.15, 0.2) is 0 Å². The first-order valence-electron chi connectivity index (χ1n) is 12.3. The summed E-state index contributed by atoms with van der Waals surface area (Å²) in [7, 11) is 0. The topological polar surface area (TPSA) is 44.7 Å². The summed E-state index contributed by atoms with van der Waals surface area (Å²) in [6.07, 6.45) is -9.31. The van der Waals surface area contributed by atoms with Gasteiger partial charge < -0.3 is 5.32 Å². The van der Waals surface area contributed by atoms with Crippen molar-refractivity contribution >= 4 is 45.0 Å². The number of hydrazone groups is 1. The summed E-state index contributed by atoms with van der Waals surface area (Å²) in [5.41, 5.74) is -1.67. The third kappa shape index (κ3) is 5.76. The lowest BCUT2D eigenvalue weighted by molar-refractivity contribution is -0.138. The van der Waals surface area contributed by atoms with E-state index >= 15 is 0 Å². The molecule has 1 aliphatic heterocycles. The van der Waals surface area contributed by atoms with Gasteiger partial charge in [0, 0.05) is 15.7 Å². The van der Waals surface area contributed by atoms with Crippen molar-refractivity contribution < 1.29 is 31.1 Å². The zero-order valence-electron chi connectivity index (χ0n) is 21.3. The number of hydrogen-bond acceptors (Lipinski definition) is 2. The molecule has 42 heavy (non-hydrogen) atoms. The molecule has 2 amide bonds. The minimum atomic E-state index is -4.71. The van der Waals surface area contributed by atoms with E-state index in [0.29, 0.717) is 16.8 Å². The molecule has 0 radical (unpaired) electrons. The van der Waals surface area contributed by atoms with E-state index in [-0.39, 0.29) is 17.8 Å². The number of anilines is 1. The van der Waals surface area contributed by atoms with Crippen LogP contribution < -0.4 is 5.32 Å². The number of alkyl halides is 6. The van der Waals surface area contributed by atoms with Crippen LogP contribution in [-0.4, -0.2) is 23.3 Å². The molecule has 0 spiro atoms. The number of nitrogens with one attached hydrogen (secondary N) is 1. The second kappa shape index (κ2) is 11.1. The van der Waals surface area contributed by atoms with E-state index < -0.39 is 39.9 Å². The van der Waals surface area contributed by atoms with Gasteiger partial charge in [0.25, 0.3) is 0 Å². The molecule has 0 saturated carbocycles. The number of carbonyl (C=O) groups is 1. The Bertz CT molecular complexity index is 1640. The van der Waals surface area contributed by atoms with Crippen LogP contribution in [0, 0.1) is 0 Å². The van der Waals surface area contributed by atoms with E-state index in [1.54, 1.807) is 54.6 Å². The van der Waals surface area contributed by atoms with Crippen LogP contribution in [0.1, 0.15) is 27.8 Å². The lowest BCUT2D eigenvalue weighted by Crippen LogP contribution is -2.42. The summed E-state index contributed by atoms with van der Waals surface area (Å²) in [5.74, 6) is 0. The van der Waals surface area contributed by atoms with Gasteiger partial charge in [-0.3, -0.25) is 0 Å². The molecular weight excluding hydrogens is 648 g/mol. The summed E-state index contributed by atoms with van der Waals surface area (Å²) in [5, 5.41) is 7.79. The predicted molar refractivity (Wildman–Crippen MR) is 152 cm³/mol. The zero-order chi connectivity index (χ0) is 30.3. The fraction of sp³-hybridized carbons (Fsp3) is 0.133. The zero-order valence-corrected chi connectivity index (χ0v) is 23.6. The minimum Gasteiger partial charge on any atom is -0.306 e. The third-order valence-electron chi connectivity index (χ3n) is 6.86. The van der Waals surface area contributed by atoms with Gasteiger partial charge in [-0.25, -0.2) is 9.80 Å². The standard InChI is InChI=1S/C30H19BrClF6N3O/c31-22-11-13-23(14-12-22)39-27(42)41-17-28(19-4-2-1-3-5-19,20-7-9-21(10-8-20)29(33,34)35)26(40-41)18-6-15-24(25(32)16-18)30(36,37)38/h1-16H,17H2,(H,39,42).